The van der Waals surface area contributed by atoms with Crippen molar-refractivity contribution in [2.75, 3.05) is 6.54 Å². The van der Waals surface area contributed by atoms with Crippen molar-refractivity contribution in [3.05, 3.63) is 0 Å². The van der Waals surface area contributed by atoms with Gasteiger partial charge in [-0.05, 0) is 26.2 Å². The molecule has 0 aromatic heterocycles. The number of hydrogen-bond donors (Lipinski definition) is 0. The van der Waals surface area contributed by atoms with Crippen molar-refractivity contribution in [1.82, 2.24) is 4.72 Å². The minimum absolute atomic E-state index is 0.369. The standard InChI is InChI=1S/C10H20NO2S/c1-9(2)14(12,13)11-8-7-10-5-3-4-6-10/h9-10H,3-8H2,1-2H3. The van der Waals surface area contributed by atoms with E-state index in [9.17, 15) is 8.42 Å². The van der Waals surface area contributed by atoms with E-state index in [1.165, 1.54) is 25.7 Å². The molecule has 0 saturated heterocycles. The van der Waals surface area contributed by atoms with E-state index >= 15 is 0 Å². The molecule has 1 fully saturated rings. The van der Waals surface area contributed by atoms with Gasteiger partial charge in [-0.2, -0.15) is 0 Å². The summed E-state index contributed by atoms with van der Waals surface area (Å²) in [5.41, 5.74) is 0. The fraction of sp³-hybridized carbons (Fsp3) is 1.00. The van der Waals surface area contributed by atoms with Gasteiger partial charge in [-0.1, -0.05) is 25.7 Å². The molecule has 1 aliphatic rings. The SMILES string of the molecule is CC(C)S(=O)(=O)[N]CCC1CCCC1. The van der Waals surface area contributed by atoms with E-state index in [0.717, 1.165) is 12.3 Å². The van der Waals surface area contributed by atoms with Crippen LogP contribution >= 0.6 is 0 Å². The molecule has 0 aliphatic heterocycles. The molecule has 0 aromatic carbocycles. The van der Waals surface area contributed by atoms with Gasteiger partial charge in [-0.15, -0.1) is 4.72 Å². The molecule has 1 radical (unpaired) electrons. The lowest BCUT2D eigenvalue weighted by Crippen LogP contribution is -2.26. The van der Waals surface area contributed by atoms with Gasteiger partial charge in [0.2, 0.25) is 10.0 Å². The van der Waals surface area contributed by atoms with Crippen LogP contribution in [0.3, 0.4) is 0 Å². The zero-order valence-electron chi connectivity index (χ0n) is 9.07. The molecule has 83 valence electrons. The molecule has 0 N–H and O–H groups in total. The van der Waals surface area contributed by atoms with Crippen LogP contribution in [-0.2, 0) is 10.0 Å². The van der Waals surface area contributed by atoms with E-state index in [2.05, 4.69) is 4.72 Å². The van der Waals surface area contributed by atoms with Gasteiger partial charge in [-0.3, -0.25) is 0 Å². The van der Waals surface area contributed by atoms with Gasteiger partial charge >= 0.3 is 0 Å². The first-order valence-electron chi connectivity index (χ1n) is 5.45. The normalized spacial score (nSPS) is 19.4. The molecule has 1 aliphatic carbocycles. The number of rotatable bonds is 5. The van der Waals surface area contributed by atoms with Crippen molar-refractivity contribution in [1.29, 1.82) is 0 Å². The second-order valence-corrected chi connectivity index (χ2v) is 6.59. The second kappa shape index (κ2) is 5.12. The third-order valence-corrected chi connectivity index (χ3v) is 4.61. The smallest absolute Gasteiger partial charge is 0.211 e. The van der Waals surface area contributed by atoms with Crippen LogP contribution < -0.4 is 4.72 Å². The molecule has 0 aromatic rings. The Balaban J connectivity index is 2.20. The predicted molar refractivity (Wildman–Crippen MR) is 57.6 cm³/mol. The van der Waals surface area contributed by atoms with Crippen molar-refractivity contribution in [2.24, 2.45) is 5.92 Å². The molecular formula is C10H20NO2S. The van der Waals surface area contributed by atoms with Crippen LogP contribution in [0.15, 0.2) is 0 Å². The zero-order valence-corrected chi connectivity index (χ0v) is 9.89. The van der Waals surface area contributed by atoms with Crippen LogP contribution in [-0.4, -0.2) is 20.2 Å². The fourth-order valence-corrected chi connectivity index (χ4v) is 2.47. The van der Waals surface area contributed by atoms with Gasteiger partial charge in [0.05, 0.1) is 5.25 Å². The summed E-state index contributed by atoms with van der Waals surface area (Å²) in [4.78, 5) is 0. The highest BCUT2D eigenvalue weighted by Crippen LogP contribution is 2.27. The highest BCUT2D eigenvalue weighted by molar-refractivity contribution is 7.89. The summed E-state index contributed by atoms with van der Waals surface area (Å²) in [6.45, 7) is 3.84. The molecule has 3 nitrogen and oxygen atoms in total. The zero-order chi connectivity index (χ0) is 10.6. The monoisotopic (exact) mass is 218 g/mol. The Hall–Kier alpha value is -0.0900. The highest BCUT2D eigenvalue weighted by atomic mass is 32.2. The first-order valence-corrected chi connectivity index (χ1v) is 6.95. The molecule has 0 bridgehead atoms. The van der Waals surface area contributed by atoms with Crippen LogP contribution in [0, 0.1) is 5.92 Å². The van der Waals surface area contributed by atoms with Crippen LogP contribution in [0.5, 0.6) is 0 Å². The lowest BCUT2D eigenvalue weighted by molar-refractivity contribution is 0.492. The van der Waals surface area contributed by atoms with Gasteiger partial charge in [0.1, 0.15) is 0 Å². The molecule has 4 heteroatoms. The lowest BCUT2D eigenvalue weighted by atomic mass is 10.1. The van der Waals surface area contributed by atoms with Gasteiger partial charge in [0.25, 0.3) is 0 Å². The Bertz CT molecular complexity index is 253. The third kappa shape index (κ3) is 3.58. The van der Waals surface area contributed by atoms with Crippen LogP contribution in [0.4, 0.5) is 0 Å². The Kier molecular flexibility index (Phi) is 4.38. The highest BCUT2D eigenvalue weighted by Gasteiger charge is 2.19. The summed E-state index contributed by atoms with van der Waals surface area (Å²) >= 11 is 0. The third-order valence-electron chi connectivity index (χ3n) is 2.88. The van der Waals surface area contributed by atoms with E-state index in [1.54, 1.807) is 13.8 Å². The minimum atomic E-state index is -3.16. The Labute approximate surface area is 87.3 Å². The number of sulfonamides is 1. The maximum Gasteiger partial charge on any atom is 0.230 e. The quantitative estimate of drug-likeness (QED) is 0.707. The minimum Gasteiger partial charge on any atom is -0.211 e. The Morgan fingerprint density at radius 2 is 1.86 bits per heavy atom. The molecule has 14 heavy (non-hydrogen) atoms. The van der Waals surface area contributed by atoms with Gasteiger partial charge < -0.3 is 0 Å². The van der Waals surface area contributed by atoms with Crippen LogP contribution in [0.1, 0.15) is 46.0 Å². The Morgan fingerprint density at radius 3 is 2.36 bits per heavy atom. The first-order chi connectivity index (χ1) is 6.52. The van der Waals surface area contributed by atoms with Crippen molar-refractivity contribution in [2.45, 2.75) is 51.2 Å². The second-order valence-electron chi connectivity index (χ2n) is 4.36. The van der Waals surface area contributed by atoms with Crippen LogP contribution in [0.25, 0.3) is 0 Å². The van der Waals surface area contributed by atoms with E-state index < -0.39 is 10.0 Å². The molecular weight excluding hydrogens is 198 g/mol. The lowest BCUT2D eigenvalue weighted by Gasteiger charge is -2.10. The molecule has 0 heterocycles. The summed E-state index contributed by atoms with van der Waals surface area (Å²) in [5.74, 6) is 0.723. The average Bonchev–Trinajstić information content (AvgIpc) is 2.56. The molecule has 0 amide bonds. The molecule has 1 saturated carbocycles. The largest absolute Gasteiger partial charge is 0.230 e. The summed E-state index contributed by atoms with van der Waals surface area (Å²) in [5, 5.41) is -0.369. The van der Waals surface area contributed by atoms with Crippen molar-refractivity contribution in [3.8, 4) is 0 Å². The summed E-state index contributed by atoms with van der Waals surface area (Å²) < 4.78 is 26.5. The van der Waals surface area contributed by atoms with E-state index in [1.807, 2.05) is 0 Å². The van der Waals surface area contributed by atoms with Gasteiger partial charge in [0, 0.05) is 6.54 Å². The summed E-state index contributed by atoms with van der Waals surface area (Å²) in [7, 11) is -3.16. The Morgan fingerprint density at radius 1 is 1.29 bits per heavy atom. The van der Waals surface area contributed by atoms with Gasteiger partial charge in [-0.25, -0.2) is 8.42 Å². The topological polar surface area (TPSA) is 48.2 Å². The van der Waals surface area contributed by atoms with E-state index in [4.69, 9.17) is 0 Å². The molecule has 0 atom stereocenters. The average molecular weight is 218 g/mol. The van der Waals surface area contributed by atoms with Gasteiger partial charge in [0.15, 0.2) is 0 Å². The van der Waals surface area contributed by atoms with Crippen molar-refractivity contribution >= 4 is 10.0 Å². The van der Waals surface area contributed by atoms with E-state index in [0.29, 0.717) is 6.54 Å². The molecule has 1 rings (SSSR count). The fourth-order valence-electron chi connectivity index (χ4n) is 1.81. The van der Waals surface area contributed by atoms with Crippen molar-refractivity contribution < 1.29 is 8.42 Å². The molecule has 0 unspecified atom stereocenters. The summed E-state index contributed by atoms with van der Waals surface area (Å²) in [6.07, 6.45) is 6.09. The number of hydrogen-bond acceptors (Lipinski definition) is 2. The van der Waals surface area contributed by atoms with Crippen LogP contribution in [0.2, 0.25) is 0 Å². The molecule has 0 spiro atoms. The summed E-state index contributed by atoms with van der Waals surface area (Å²) in [6, 6.07) is 0. The van der Waals surface area contributed by atoms with E-state index in [-0.39, 0.29) is 5.25 Å². The maximum atomic E-state index is 11.3. The first kappa shape index (κ1) is 12.0. The predicted octanol–water partition coefficient (Wildman–Crippen LogP) is 1.91. The number of nitrogens with zero attached hydrogens (tertiary/aromatic N) is 1. The maximum absolute atomic E-state index is 11.3. The van der Waals surface area contributed by atoms with Crippen molar-refractivity contribution in [3.63, 3.8) is 0 Å².